The Balaban J connectivity index is 1.60. The van der Waals surface area contributed by atoms with Gasteiger partial charge in [0.15, 0.2) is 0 Å². The molecule has 0 radical (unpaired) electrons. The summed E-state index contributed by atoms with van der Waals surface area (Å²) in [5, 5.41) is 7.27. The van der Waals surface area contributed by atoms with Crippen molar-refractivity contribution >= 4 is 17.2 Å². The zero-order valence-electron chi connectivity index (χ0n) is 12.9. The van der Waals surface area contributed by atoms with E-state index in [2.05, 4.69) is 15.0 Å². The van der Waals surface area contributed by atoms with E-state index in [-0.39, 0.29) is 5.91 Å². The second-order valence-electron chi connectivity index (χ2n) is 5.83. The number of aromatic nitrogens is 3. The minimum absolute atomic E-state index is 0.218. The molecule has 1 amide bonds. The van der Waals surface area contributed by atoms with E-state index in [4.69, 9.17) is 0 Å². The first-order valence-electron chi connectivity index (χ1n) is 7.90. The molecule has 1 fully saturated rings. The average molecular weight is 318 g/mol. The van der Waals surface area contributed by atoms with Crippen LogP contribution < -0.4 is 0 Å². The molecule has 0 aromatic carbocycles. The van der Waals surface area contributed by atoms with E-state index >= 15 is 0 Å². The Morgan fingerprint density at radius 3 is 3.09 bits per heavy atom. The molecule has 1 atom stereocenters. The third-order valence-corrected chi connectivity index (χ3v) is 5.02. The van der Waals surface area contributed by atoms with Crippen molar-refractivity contribution in [2.75, 3.05) is 6.54 Å². The highest BCUT2D eigenvalue weighted by molar-refractivity contribution is 7.09. The molecular formula is C16H22N4OS. The highest BCUT2D eigenvalue weighted by Gasteiger charge is 2.26. The molecule has 0 N–H and O–H groups in total. The van der Waals surface area contributed by atoms with Crippen LogP contribution in [0.15, 0.2) is 23.8 Å². The van der Waals surface area contributed by atoms with Crippen LogP contribution in [-0.2, 0) is 17.8 Å². The summed E-state index contributed by atoms with van der Waals surface area (Å²) in [5.74, 6) is 0.218. The summed E-state index contributed by atoms with van der Waals surface area (Å²) in [5.41, 5.74) is 0.906. The van der Waals surface area contributed by atoms with Crippen LogP contribution in [-0.4, -0.2) is 38.2 Å². The maximum absolute atomic E-state index is 12.6. The lowest BCUT2D eigenvalue weighted by atomic mass is 9.98. The summed E-state index contributed by atoms with van der Waals surface area (Å²) in [6, 6.07) is 2.28. The average Bonchev–Trinajstić information content (AvgIpc) is 3.17. The van der Waals surface area contributed by atoms with Crippen LogP contribution in [0.2, 0.25) is 0 Å². The molecule has 0 saturated carbocycles. The number of rotatable bonds is 5. The van der Waals surface area contributed by atoms with Crippen LogP contribution in [0.3, 0.4) is 0 Å². The summed E-state index contributed by atoms with van der Waals surface area (Å²) < 4.78 is 1.95. The molecule has 1 aliphatic heterocycles. The third-order valence-electron chi connectivity index (χ3n) is 4.20. The van der Waals surface area contributed by atoms with Gasteiger partial charge in [-0.25, -0.2) is 4.98 Å². The number of likely N-dealkylation sites (tertiary alicyclic amines) is 1. The molecule has 0 aliphatic carbocycles. The second-order valence-corrected chi connectivity index (χ2v) is 6.89. The van der Waals surface area contributed by atoms with Gasteiger partial charge in [-0.1, -0.05) is 0 Å². The fourth-order valence-corrected chi connectivity index (χ4v) is 3.70. The Hall–Kier alpha value is -1.69. The molecule has 0 unspecified atom stereocenters. The van der Waals surface area contributed by atoms with Gasteiger partial charge in [0.25, 0.3) is 0 Å². The van der Waals surface area contributed by atoms with Crippen molar-refractivity contribution in [1.29, 1.82) is 0 Å². The molecule has 2 aromatic rings. The quantitative estimate of drug-likeness (QED) is 0.851. The van der Waals surface area contributed by atoms with Gasteiger partial charge >= 0.3 is 0 Å². The Labute approximate surface area is 135 Å². The van der Waals surface area contributed by atoms with E-state index in [1.807, 2.05) is 29.2 Å². The Bertz CT molecular complexity index is 607. The highest BCUT2D eigenvalue weighted by Crippen LogP contribution is 2.21. The largest absolute Gasteiger partial charge is 0.339 e. The van der Waals surface area contributed by atoms with Gasteiger partial charge in [0, 0.05) is 36.9 Å². The molecule has 22 heavy (non-hydrogen) atoms. The first-order chi connectivity index (χ1) is 10.7. The molecule has 1 saturated heterocycles. The smallest absolute Gasteiger partial charge is 0.228 e. The monoisotopic (exact) mass is 318 g/mol. The van der Waals surface area contributed by atoms with Crippen LogP contribution in [0.1, 0.15) is 36.4 Å². The Morgan fingerprint density at radius 1 is 1.45 bits per heavy atom. The van der Waals surface area contributed by atoms with E-state index in [1.165, 1.54) is 6.42 Å². The fourth-order valence-electron chi connectivity index (χ4n) is 3.09. The van der Waals surface area contributed by atoms with Crippen LogP contribution in [0.5, 0.6) is 0 Å². The summed E-state index contributed by atoms with van der Waals surface area (Å²) >= 11 is 1.61. The zero-order chi connectivity index (χ0) is 15.4. The van der Waals surface area contributed by atoms with Gasteiger partial charge in [-0.3, -0.25) is 9.48 Å². The number of thiazole rings is 1. The summed E-state index contributed by atoms with van der Waals surface area (Å²) in [4.78, 5) is 19.1. The summed E-state index contributed by atoms with van der Waals surface area (Å²) in [6.07, 6.45) is 8.61. The van der Waals surface area contributed by atoms with Gasteiger partial charge in [-0.05, 0) is 38.7 Å². The first-order valence-corrected chi connectivity index (χ1v) is 8.78. The minimum Gasteiger partial charge on any atom is -0.339 e. The van der Waals surface area contributed by atoms with Gasteiger partial charge in [0.05, 0.1) is 17.1 Å². The van der Waals surface area contributed by atoms with Crippen molar-refractivity contribution in [2.45, 2.75) is 51.6 Å². The van der Waals surface area contributed by atoms with E-state index in [0.717, 1.165) is 43.1 Å². The Morgan fingerprint density at radius 2 is 2.36 bits per heavy atom. The van der Waals surface area contributed by atoms with Gasteiger partial charge in [-0.15, -0.1) is 11.3 Å². The van der Waals surface area contributed by atoms with Crippen LogP contribution >= 0.6 is 11.3 Å². The molecule has 5 nitrogen and oxygen atoms in total. The molecule has 0 bridgehead atoms. The maximum atomic E-state index is 12.6. The molecule has 3 rings (SSSR count). The van der Waals surface area contributed by atoms with Crippen molar-refractivity contribution in [3.63, 3.8) is 0 Å². The predicted octanol–water partition coefficient (Wildman–Crippen LogP) is 2.66. The molecule has 1 aliphatic rings. The van der Waals surface area contributed by atoms with Crippen LogP contribution in [0, 0.1) is 6.92 Å². The lowest BCUT2D eigenvalue weighted by molar-refractivity contribution is -0.134. The molecule has 0 spiro atoms. The van der Waals surface area contributed by atoms with Crippen molar-refractivity contribution in [3.8, 4) is 0 Å². The molecule has 118 valence electrons. The lowest BCUT2D eigenvalue weighted by Crippen LogP contribution is -2.45. The minimum atomic E-state index is 0.218. The second kappa shape index (κ2) is 7.05. The first kappa shape index (κ1) is 15.2. The van der Waals surface area contributed by atoms with Crippen molar-refractivity contribution in [3.05, 3.63) is 34.5 Å². The normalized spacial score (nSPS) is 18.6. The van der Waals surface area contributed by atoms with E-state index < -0.39 is 0 Å². The van der Waals surface area contributed by atoms with Crippen LogP contribution in [0.4, 0.5) is 0 Å². The molecule has 3 heterocycles. The number of carbonyl (C=O) groups excluding carboxylic acids is 1. The number of hydrogen-bond donors (Lipinski definition) is 0. The number of hydrogen-bond acceptors (Lipinski definition) is 4. The summed E-state index contributed by atoms with van der Waals surface area (Å²) in [6.45, 7) is 3.73. The maximum Gasteiger partial charge on any atom is 0.228 e. The highest BCUT2D eigenvalue weighted by atomic mass is 32.1. The molecule has 2 aromatic heterocycles. The van der Waals surface area contributed by atoms with Crippen molar-refractivity contribution in [1.82, 2.24) is 19.7 Å². The lowest BCUT2D eigenvalue weighted by Gasteiger charge is -2.36. The predicted molar refractivity (Wildman–Crippen MR) is 86.8 cm³/mol. The number of aryl methyl sites for hydroxylation is 2. The SMILES string of the molecule is Cc1nc(CC(=O)N2CCCC[C@H]2CCn2cccn2)cs1. The van der Waals surface area contributed by atoms with Gasteiger partial charge in [0.2, 0.25) is 5.91 Å². The Kier molecular flexibility index (Phi) is 4.87. The zero-order valence-corrected chi connectivity index (χ0v) is 13.8. The third kappa shape index (κ3) is 3.74. The van der Waals surface area contributed by atoms with Gasteiger partial charge in [-0.2, -0.15) is 5.10 Å². The van der Waals surface area contributed by atoms with E-state index in [0.29, 0.717) is 12.5 Å². The van der Waals surface area contributed by atoms with Crippen molar-refractivity contribution in [2.24, 2.45) is 0 Å². The number of amides is 1. The standard InChI is InChI=1S/C16H22N4OS/c1-13-18-14(12-22-13)11-16(21)20-9-3-2-5-15(20)6-10-19-8-4-7-17-19/h4,7-8,12,15H,2-3,5-6,9-11H2,1H3/t15-/m0/s1. The number of piperidine rings is 1. The van der Waals surface area contributed by atoms with Gasteiger partial charge < -0.3 is 4.90 Å². The molecule has 6 heteroatoms. The number of carbonyl (C=O) groups is 1. The number of nitrogens with zero attached hydrogens (tertiary/aromatic N) is 4. The summed E-state index contributed by atoms with van der Waals surface area (Å²) in [7, 11) is 0. The van der Waals surface area contributed by atoms with Crippen molar-refractivity contribution < 1.29 is 4.79 Å². The molecular weight excluding hydrogens is 296 g/mol. The van der Waals surface area contributed by atoms with Crippen LogP contribution in [0.25, 0.3) is 0 Å². The fraction of sp³-hybridized carbons (Fsp3) is 0.562. The van der Waals surface area contributed by atoms with Gasteiger partial charge in [0.1, 0.15) is 0 Å². The topological polar surface area (TPSA) is 51.0 Å². The van der Waals surface area contributed by atoms with E-state index in [1.54, 1.807) is 17.5 Å². The van der Waals surface area contributed by atoms with E-state index in [9.17, 15) is 4.79 Å².